The zero-order chi connectivity index (χ0) is 12.0. The molecule has 0 aromatic rings. The zero-order valence-corrected chi connectivity index (χ0v) is 11.6. The largest absolute Gasteiger partial charge is 0.315 e. The molecule has 0 spiro atoms. The topological polar surface area (TPSA) is 18.5 Å². The maximum Gasteiger partial charge on any atom is 0.0107 e. The number of nitrogens with zero attached hydrogens (tertiary/aromatic N) is 2. The summed E-state index contributed by atoms with van der Waals surface area (Å²) in [6.07, 6.45) is 2.60. The Bertz CT molecular complexity index is 190. The Balaban J connectivity index is 1.92. The van der Waals surface area contributed by atoms with E-state index in [9.17, 15) is 0 Å². The van der Waals surface area contributed by atoms with Crippen LogP contribution in [-0.4, -0.2) is 63.2 Å². The maximum absolute atomic E-state index is 3.53. The molecule has 16 heavy (non-hydrogen) atoms. The zero-order valence-electron chi connectivity index (χ0n) is 11.6. The highest BCUT2D eigenvalue weighted by atomic mass is 15.2. The number of hydrogen-bond donors (Lipinski definition) is 1. The van der Waals surface area contributed by atoms with Crippen LogP contribution in [0.4, 0.5) is 0 Å². The van der Waals surface area contributed by atoms with Crippen LogP contribution in [0.5, 0.6) is 0 Å². The van der Waals surface area contributed by atoms with E-state index in [1.807, 2.05) is 0 Å². The molecule has 1 saturated heterocycles. The third-order valence-electron chi connectivity index (χ3n) is 3.32. The van der Waals surface area contributed by atoms with Gasteiger partial charge in [-0.2, -0.15) is 0 Å². The predicted octanol–water partition coefficient (Wildman–Crippen LogP) is 1.26. The molecule has 1 fully saturated rings. The lowest BCUT2D eigenvalue weighted by Crippen LogP contribution is -2.32. The van der Waals surface area contributed by atoms with Gasteiger partial charge in [-0.15, -0.1) is 0 Å². The van der Waals surface area contributed by atoms with Gasteiger partial charge in [-0.3, -0.25) is 0 Å². The van der Waals surface area contributed by atoms with Crippen LogP contribution in [0.15, 0.2) is 0 Å². The van der Waals surface area contributed by atoms with E-state index in [4.69, 9.17) is 0 Å². The lowest BCUT2D eigenvalue weighted by atomic mass is 9.93. The summed E-state index contributed by atoms with van der Waals surface area (Å²) in [5, 5.41) is 3.53. The molecule has 3 heteroatoms. The third kappa shape index (κ3) is 5.83. The maximum atomic E-state index is 3.53. The molecule has 0 atom stereocenters. The van der Waals surface area contributed by atoms with E-state index in [1.54, 1.807) is 0 Å². The Morgan fingerprint density at radius 1 is 1.25 bits per heavy atom. The van der Waals surface area contributed by atoms with Crippen LogP contribution in [0.1, 0.15) is 26.7 Å². The molecule has 1 aliphatic rings. The van der Waals surface area contributed by atoms with Crippen molar-refractivity contribution in [2.45, 2.75) is 26.7 Å². The molecule has 0 aromatic heterocycles. The van der Waals surface area contributed by atoms with Crippen LogP contribution in [0.25, 0.3) is 0 Å². The van der Waals surface area contributed by atoms with Crippen molar-refractivity contribution in [1.29, 1.82) is 0 Å². The van der Waals surface area contributed by atoms with E-state index < -0.39 is 0 Å². The Hall–Kier alpha value is -0.120. The molecule has 0 radical (unpaired) electrons. The Labute approximate surface area is 101 Å². The van der Waals surface area contributed by atoms with E-state index >= 15 is 0 Å². The number of hydrogen-bond acceptors (Lipinski definition) is 3. The smallest absolute Gasteiger partial charge is 0.0107 e. The van der Waals surface area contributed by atoms with Gasteiger partial charge < -0.3 is 15.1 Å². The summed E-state index contributed by atoms with van der Waals surface area (Å²) in [6.45, 7) is 12.0. The monoisotopic (exact) mass is 227 g/mol. The van der Waals surface area contributed by atoms with Crippen molar-refractivity contribution in [3.63, 3.8) is 0 Å². The summed E-state index contributed by atoms with van der Waals surface area (Å²) in [5.74, 6) is 0. The molecule has 0 aromatic carbocycles. The van der Waals surface area contributed by atoms with Gasteiger partial charge in [0.15, 0.2) is 0 Å². The summed E-state index contributed by atoms with van der Waals surface area (Å²) in [7, 11) is 4.26. The van der Waals surface area contributed by atoms with Gasteiger partial charge in [-0.25, -0.2) is 0 Å². The van der Waals surface area contributed by atoms with Crippen molar-refractivity contribution in [2.75, 3.05) is 53.4 Å². The molecule has 1 rings (SSSR count). The standard InChI is InChI=1S/C13H29N3/c1-13(2)6-10-16(12-13)11-8-14-7-5-9-15(3)4/h14H,5-12H2,1-4H3. The van der Waals surface area contributed by atoms with Gasteiger partial charge >= 0.3 is 0 Å². The minimum absolute atomic E-state index is 0.547. The van der Waals surface area contributed by atoms with Crippen molar-refractivity contribution >= 4 is 0 Å². The molecule has 0 bridgehead atoms. The molecule has 1 aliphatic heterocycles. The van der Waals surface area contributed by atoms with E-state index in [2.05, 4.69) is 43.1 Å². The highest BCUT2D eigenvalue weighted by molar-refractivity contribution is 4.82. The fourth-order valence-corrected chi connectivity index (χ4v) is 2.30. The number of nitrogens with one attached hydrogen (secondary N) is 1. The Kier molecular flexibility index (Phi) is 5.73. The molecule has 1 heterocycles. The lowest BCUT2D eigenvalue weighted by molar-refractivity contribution is 0.289. The van der Waals surface area contributed by atoms with Crippen LogP contribution in [-0.2, 0) is 0 Å². The molecule has 0 saturated carbocycles. The summed E-state index contributed by atoms with van der Waals surface area (Å²) >= 11 is 0. The molecular weight excluding hydrogens is 198 g/mol. The average Bonchev–Trinajstić information content (AvgIpc) is 2.51. The Morgan fingerprint density at radius 2 is 2.00 bits per heavy atom. The van der Waals surface area contributed by atoms with Crippen molar-refractivity contribution in [1.82, 2.24) is 15.1 Å². The van der Waals surface area contributed by atoms with E-state index in [0.717, 1.165) is 13.1 Å². The quantitative estimate of drug-likeness (QED) is 0.661. The molecule has 96 valence electrons. The molecular formula is C13H29N3. The van der Waals surface area contributed by atoms with Crippen LogP contribution in [0.2, 0.25) is 0 Å². The minimum atomic E-state index is 0.547. The van der Waals surface area contributed by atoms with E-state index in [0.29, 0.717) is 5.41 Å². The summed E-state index contributed by atoms with van der Waals surface area (Å²) in [6, 6.07) is 0. The van der Waals surface area contributed by atoms with E-state index in [-0.39, 0.29) is 0 Å². The highest BCUT2D eigenvalue weighted by Gasteiger charge is 2.28. The summed E-state index contributed by atoms with van der Waals surface area (Å²) in [5.41, 5.74) is 0.547. The summed E-state index contributed by atoms with van der Waals surface area (Å²) < 4.78 is 0. The second-order valence-electron chi connectivity index (χ2n) is 6.10. The fourth-order valence-electron chi connectivity index (χ4n) is 2.30. The second kappa shape index (κ2) is 6.58. The Morgan fingerprint density at radius 3 is 2.56 bits per heavy atom. The van der Waals surface area contributed by atoms with Crippen LogP contribution in [0, 0.1) is 5.41 Å². The van der Waals surface area contributed by atoms with Gasteiger partial charge in [0.1, 0.15) is 0 Å². The first-order valence-electron chi connectivity index (χ1n) is 6.57. The molecule has 0 unspecified atom stereocenters. The van der Waals surface area contributed by atoms with Gasteiger partial charge in [-0.1, -0.05) is 13.8 Å². The van der Waals surface area contributed by atoms with Crippen LogP contribution in [0.3, 0.4) is 0 Å². The number of likely N-dealkylation sites (tertiary alicyclic amines) is 1. The molecule has 0 amide bonds. The molecule has 1 N–H and O–H groups in total. The van der Waals surface area contributed by atoms with Crippen molar-refractivity contribution in [2.24, 2.45) is 5.41 Å². The van der Waals surface area contributed by atoms with Gasteiger partial charge in [-0.05, 0) is 52.0 Å². The average molecular weight is 227 g/mol. The van der Waals surface area contributed by atoms with Crippen molar-refractivity contribution in [3.05, 3.63) is 0 Å². The van der Waals surface area contributed by atoms with Crippen LogP contribution >= 0.6 is 0 Å². The number of rotatable bonds is 7. The SMILES string of the molecule is CN(C)CCCNCCN1CCC(C)(C)C1. The second-order valence-corrected chi connectivity index (χ2v) is 6.10. The normalized spacial score (nSPS) is 20.8. The third-order valence-corrected chi connectivity index (χ3v) is 3.32. The van der Waals surface area contributed by atoms with Crippen molar-refractivity contribution < 1.29 is 0 Å². The van der Waals surface area contributed by atoms with Crippen LogP contribution < -0.4 is 5.32 Å². The lowest BCUT2D eigenvalue weighted by Gasteiger charge is -2.19. The molecule has 3 nitrogen and oxygen atoms in total. The van der Waals surface area contributed by atoms with Gasteiger partial charge in [0.25, 0.3) is 0 Å². The first kappa shape index (κ1) is 13.9. The summed E-state index contributed by atoms with van der Waals surface area (Å²) in [4.78, 5) is 4.82. The highest BCUT2D eigenvalue weighted by Crippen LogP contribution is 2.28. The predicted molar refractivity (Wildman–Crippen MR) is 70.9 cm³/mol. The van der Waals surface area contributed by atoms with Gasteiger partial charge in [0.05, 0.1) is 0 Å². The first-order valence-corrected chi connectivity index (χ1v) is 6.57. The van der Waals surface area contributed by atoms with Gasteiger partial charge in [0.2, 0.25) is 0 Å². The fraction of sp³-hybridized carbons (Fsp3) is 1.00. The minimum Gasteiger partial charge on any atom is -0.315 e. The first-order chi connectivity index (χ1) is 7.49. The molecule has 0 aliphatic carbocycles. The van der Waals surface area contributed by atoms with Crippen molar-refractivity contribution in [3.8, 4) is 0 Å². The van der Waals surface area contributed by atoms with E-state index in [1.165, 1.54) is 39.0 Å². The van der Waals surface area contributed by atoms with Gasteiger partial charge in [0, 0.05) is 19.6 Å².